The highest BCUT2D eigenvalue weighted by Gasteiger charge is 2.27. The van der Waals surface area contributed by atoms with Crippen LogP contribution in [0, 0.1) is 0 Å². The Hall–Kier alpha value is -1.22. The molecule has 0 aromatic heterocycles. The van der Waals surface area contributed by atoms with Gasteiger partial charge in [0.25, 0.3) is 5.54 Å². The van der Waals surface area contributed by atoms with Gasteiger partial charge in [0, 0.05) is 0 Å². The van der Waals surface area contributed by atoms with Crippen molar-refractivity contribution in [2.45, 2.75) is 0 Å². The van der Waals surface area contributed by atoms with Crippen LogP contribution in [0.3, 0.4) is 0 Å². The minimum Gasteiger partial charge on any atom is -0.458 e. The second-order valence-corrected chi connectivity index (χ2v) is 4.15. The van der Waals surface area contributed by atoms with E-state index in [0.717, 1.165) is 22.4 Å². The third-order valence-electron chi connectivity index (χ3n) is 2.37. The monoisotopic (exact) mass is 260 g/mol. The fourth-order valence-corrected chi connectivity index (χ4v) is 2.41. The minimum atomic E-state index is 0.132. The number of hydrogen-bond donors (Lipinski definition) is 0. The lowest BCUT2D eigenvalue weighted by molar-refractivity contribution is 0.444. The summed E-state index contributed by atoms with van der Waals surface area (Å²) >= 11 is 3.64. The molecule has 0 aliphatic carbocycles. The lowest BCUT2D eigenvalue weighted by Crippen LogP contribution is -2.32. The summed E-state index contributed by atoms with van der Waals surface area (Å²) in [6, 6.07) is 7.94. The van der Waals surface area contributed by atoms with Crippen LogP contribution in [-0.2, 0) is 0 Å². The Morgan fingerprint density at radius 2 is 1.93 bits per heavy atom. The number of rotatable bonds is 2. The molecule has 1 aliphatic rings. The number of allylic oxidation sites excluding steroid dienone is 3. The molecule has 0 unspecified atom stereocenters. The summed E-state index contributed by atoms with van der Waals surface area (Å²) in [5.41, 5.74) is 2.27. The van der Waals surface area contributed by atoms with Crippen LogP contribution in [0.2, 0.25) is 0 Å². The third kappa shape index (κ3) is 1.68. The summed E-state index contributed by atoms with van der Waals surface area (Å²) in [5.74, 6) is 1.64. The van der Waals surface area contributed by atoms with Crippen LogP contribution in [0.1, 0.15) is 0 Å². The van der Waals surface area contributed by atoms with Crippen LogP contribution in [0.15, 0.2) is 60.8 Å². The first kappa shape index (κ1) is 10.3. The molecule has 1 aromatic carbocycles. The van der Waals surface area contributed by atoms with Gasteiger partial charge in [-0.2, -0.15) is 0 Å². The Morgan fingerprint density at radius 3 is 2.60 bits per heavy atom. The molecule has 15 heavy (non-hydrogen) atoms. The van der Waals surface area contributed by atoms with Crippen molar-refractivity contribution in [1.29, 1.82) is 0 Å². The molecule has 0 saturated carbocycles. The highest BCUT2D eigenvalue weighted by atomic mass is 79.9. The van der Waals surface area contributed by atoms with Gasteiger partial charge >= 0.3 is 0 Å². The summed E-state index contributed by atoms with van der Waals surface area (Å²) in [4.78, 5) is 0. The first-order valence-corrected chi connectivity index (χ1v) is 5.59. The minimum absolute atomic E-state index is 0.132. The first-order valence-electron chi connectivity index (χ1n) is 4.68. The van der Waals surface area contributed by atoms with Gasteiger partial charge < -0.3 is 4.74 Å². The van der Waals surface area contributed by atoms with Crippen molar-refractivity contribution in [3.8, 4) is 5.75 Å². The molecule has 3 heteroatoms. The van der Waals surface area contributed by atoms with Crippen LogP contribution in [0.25, 0.3) is 0 Å². The standard InChI is InChI=1S/C12H10BBrO/c1-3-9-11(4-2)15-12-8-6-5-7-10(12)13(9)14/h3-8H,1-2H2. The Balaban J connectivity index is 2.56. The largest absolute Gasteiger partial charge is 0.458 e. The van der Waals surface area contributed by atoms with E-state index in [4.69, 9.17) is 4.74 Å². The first-order chi connectivity index (χ1) is 7.27. The predicted octanol–water partition coefficient (Wildman–Crippen LogP) is 2.84. The fraction of sp³-hybridized carbons (Fsp3) is 0. The van der Waals surface area contributed by atoms with Crippen LogP contribution >= 0.6 is 15.8 Å². The zero-order valence-corrected chi connectivity index (χ0v) is 9.83. The van der Waals surface area contributed by atoms with Gasteiger partial charge in [-0.05, 0) is 23.1 Å². The molecule has 0 fully saturated rings. The molecule has 0 radical (unpaired) electrons. The summed E-state index contributed by atoms with van der Waals surface area (Å²) in [6.07, 6.45) is 3.51. The van der Waals surface area contributed by atoms with Gasteiger partial charge in [0.15, 0.2) is 0 Å². The Bertz CT molecular complexity index is 451. The fourth-order valence-electron chi connectivity index (χ4n) is 1.62. The molecule has 1 heterocycles. The highest BCUT2D eigenvalue weighted by Crippen LogP contribution is 2.26. The van der Waals surface area contributed by atoms with Crippen molar-refractivity contribution >= 4 is 26.8 Å². The topological polar surface area (TPSA) is 9.23 Å². The average molecular weight is 261 g/mol. The van der Waals surface area contributed by atoms with Crippen LogP contribution in [-0.4, -0.2) is 5.54 Å². The molecule has 1 aromatic rings. The van der Waals surface area contributed by atoms with E-state index in [0.29, 0.717) is 0 Å². The average Bonchev–Trinajstić information content (AvgIpc) is 2.29. The molecular weight excluding hydrogens is 251 g/mol. The lowest BCUT2D eigenvalue weighted by atomic mass is 9.60. The predicted molar refractivity (Wildman–Crippen MR) is 68.8 cm³/mol. The van der Waals surface area contributed by atoms with E-state index in [1.165, 1.54) is 0 Å². The summed E-state index contributed by atoms with van der Waals surface area (Å²) in [6.45, 7) is 7.53. The van der Waals surface area contributed by atoms with E-state index in [1.807, 2.05) is 24.3 Å². The Kier molecular flexibility index (Phi) is 2.82. The van der Waals surface area contributed by atoms with E-state index in [1.54, 1.807) is 12.2 Å². The van der Waals surface area contributed by atoms with Gasteiger partial charge in [-0.1, -0.05) is 37.4 Å². The van der Waals surface area contributed by atoms with E-state index >= 15 is 0 Å². The molecule has 0 bridgehead atoms. The number of para-hydroxylation sites is 1. The number of hydrogen-bond acceptors (Lipinski definition) is 1. The molecule has 0 spiro atoms. The second kappa shape index (κ2) is 4.11. The lowest BCUT2D eigenvalue weighted by Gasteiger charge is -2.22. The van der Waals surface area contributed by atoms with Crippen LogP contribution in [0.5, 0.6) is 5.75 Å². The van der Waals surface area contributed by atoms with Gasteiger partial charge in [-0.25, -0.2) is 0 Å². The van der Waals surface area contributed by atoms with Crippen molar-refractivity contribution < 1.29 is 4.74 Å². The molecule has 0 saturated heterocycles. The number of benzene rings is 1. The highest BCUT2D eigenvalue weighted by molar-refractivity contribution is 9.25. The summed E-state index contributed by atoms with van der Waals surface area (Å²) in [5, 5.41) is 0. The maximum Gasteiger partial charge on any atom is 0.295 e. The van der Waals surface area contributed by atoms with Crippen molar-refractivity contribution in [2.24, 2.45) is 0 Å². The summed E-state index contributed by atoms with van der Waals surface area (Å²) < 4.78 is 5.72. The summed E-state index contributed by atoms with van der Waals surface area (Å²) in [7, 11) is 0. The molecule has 0 atom stereocenters. The second-order valence-electron chi connectivity index (χ2n) is 3.23. The van der Waals surface area contributed by atoms with E-state index in [-0.39, 0.29) is 5.54 Å². The molecule has 74 valence electrons. The quantitative estimate of drug-likeness (QED) is 0.744. The van der Waals surface area contributed by atoms with Gasteiger partial charge in [-0.15, -0.1) is 15.8 Å². The van der Waals surface area contributed by atoms with Crippen molar-refractivity contribution in [3.05, 3.63) is 60.8 Å². The molecule has 2 rings (SSSR count). The van der Waals surface area contributed by atoms with Crippen molar-refractivity contribution in [2.75, 3.05) is 0 Å². The third-order valence-corrected chi connectivity index (χ3v) is 3.36. The Labute approximate surface area is 98.2 Å². The molecule has 1 aliphatic heterocycles. The number of halogens is 1. The van der Waals surface area contributed by atoms with Gasteiger partial charge in [0.1, 0.15) is 11.5 Å². The zero-order chi connectivity index (χ0) is 10.8. The van der Waals surface area contributed by atoms with Gasteiger partial charge in [0.2, 0.25) is 0 Å². The molecular formula is C12H10BBrO. The van der Waals surface area contributed by atoms with Crippen molar-refractivity contribution in [1.82, 2.24) is 0 Å². The molecule has 1 nitrogen and oxygen atoms in total. The molecule has 0 amide bonds. The van der Waals surface area contributed by atoms with E-state index in [9.17, 15) is 0 Å². The normalized spacial score (nSPS) is 14.3. The van der Waals surface area contributed by atoms with Gasteiger partial charge in [0.05, 0.1) is 0 Å². The van der Waals surface area contributed by atoms with E-state index in [2.05, 4.69) is 28.9 Å². The van der Waals surface area contributed by atoms with Crippen molar-refractivity contribution in [3.63, 3.8) is 0 Å². The maximum absolute atomic E-state index is 5.72. The smallest absolute Gasteiger partial charge is 0.295 e. The van der Waals surface area contributed by atoms with Crippen LogP contribution < -0.4 is 10.2 Å². The van der Waals surface area contributed by atoms with E-state index < -0.39 is 0 Å². The van der Waals surface area contributed by atoms with Crippen LogP contribution in [0.4, 0.5) is 0 Å². The Morgan fingerprint density at radius 1 is 1.20 bits per heavy atom. The maximum atomic E-state index is 5.72. The number of fused-ring (bicyclic) bond motifs is 1. The van der Waals surface area contributed by atoms with Gasteiger partial charge in [-0.3, -0.25) is 0 Å². The molecule has 0 N–H and O–H groups in total. The zero-order valence-electron chi connectivity index (χ0n) is 8.24. The number of ether oxygens (including phenoxy) is 1. The SMILES string of the molecule is C=CC1=C(C=C)B(Br)c2ccccc2O1.